The van der Waals surface area contributed by atoms with Gasteiger partial charge in [0.1, 0.15) is 5.82 Å². The van der Waals surface area contributed by atoms with Crippen LogP contribution in [0.15, 0.2) is 18.2 Å². The summed E-state index contributed by atoms with van der Waals surface area (Å²) in [6.45, 7) is 2.00. The third-order valence-corrected chi connectivity index (χ3v) is 3.51. The molecule has 4 nitrogen and oxygen atoms in total. The smallest absolute Gasteiger partial charge is 0.234 e. The van der Waals surface area contributed by atoms with Crippen LogP contribution in [-0.4, -0.2) is 29.1 Å². The minimum absolute atomic E-state index is 0.103. The van der Waals surface area contributed by atoms with Gasteiger partial charge < -0.3 is 16.2 Å². The fraction of sp³-hybridized carbons (Fsp3) is 0.417. The predicted molar refractivity (Wildman–Crippen MR) is 73.0 cm³/mol. The van der Waals surface area contributed by atoms with Crippen molar-refractivity contribution in [2.24, 2.45) is 5.92 Å². The number of aliphatic hydroxyl groups is 1. The van der Waals surface area contributed by atoms with Gasteiger partial charge in [-0.05, 0) is 29.9 Å². The maximum atomic E-state index is 13.0. The number of amides is 1. The van der Waals surface area contributed by atoms with Crippen LogP contribution in [0, 0.1) is 11.7 Å². The number of hydrogen-bond donors (Lipinski definition) is 3. The van der Waals surface area contributed by atoms with E-state index in [4.69, 9.17) is 10.8 Å². The lowest BCUT2D eigenvalue weighted by Gasteiger charge is -2.09. The van der Waals surface area contributed by atoms with Crippen LogP contribution in [0.1, 0.15) is 6.92 Å². The number of carbonyl (C=O) groups is 1. The molecule has 0 radical (unpaired) electrons. The lowest BCUT2D eigenvalue weighted by atomic mass is 10.2. The van der Waals surface area contributed by atoms with Crippen LogP contribution in [0.5, 0.6) is 0 Å². The quantitative estimate of drug-likeness (QED) is 0.689. The Morgan fingerprint density at radius 1 is 1.61 bits per heavy atom. The van der Waals surface area contributed by atoms with Crippen LogP contribution in [0.4, 0.5) is 15.8 Å². The zero-order chi connectivity index (χ0) is 13.5. The summed E-state index contributed by atoms with van der Waals surface area (Å²) in [6.07, 6.45) is 0. The van der Waals surface area contributed by atoms with Gasteiger partial charge >= 0.3 is 0 Å². The van der Waals surface area contributed by atoms with Crippen LogP contribution in [0.3, 0.4) is 0 Å². The average molecular weight is 272 g/mol. The topological polar surface area (TPSA) is 75.3 Å². The molecule has 0 aromatic heterocycles. The second kappa shape index (κ2) is 7.23. The summed E-state index contributed by atoms with van der Waals surface area (Å²) in [7, 11) is 0. The number of aliphatic hydroxyl groups excluding tert-OH is 1. The Morgan fingerprint density at radius 2 is 2.33 bits per heavy atom. The SMILES string of the molecule is CC(CO)CSCC(=O)Nc1cc(F)ccc1N. The monoisotopic (exact) mass is 272 g/mol. The van der Waals surface area contributed by atoms with E-state index < -0.39 is 5.82 Å². The Labute approximate surface area is 110 Å². The highest BCUT2D eigenvalue weighted by Gasteiger charge is 2.08. The fourth-order valence-corrected chi connectivity index (χ4v) is 2.11. The first-order chi connectivity index (χ1) is 8.52. The van der Waals surface area contributed by atoms with Crippen molar-refractivity contribution in [3.63, 3.8) is 0 Å². The summed E-state index contributed by atoms with van der Waals surface area (Å²) in [5, 5.41) is 11.4. The minimum Gasteiger partial charge on any atom is -0.397 e. The van der Waals surface area contributed by atoms with E-state index >= 15 is 0 Å². The third-order valence-electron chi connectivity index (χ3n) is 2.24. The number of carbonyl (C=O) groups excluding carboxylic acids is 1. The standard InChI is InChI=1S/C12H17FN2O2S/c1-8(5-16)6-18-7-12(17)15-11-4-9(13)2-3-10(11)14/h2-4,8,16H,5-7,14H2,1H3,(H,15,17). The molecule has 18 heavy (non-hydrogen) atoms. The molecule has 0 bridgehead atoms. The van der Waals surface area contributed by atoms with Crippen molar-refractivity contribution in [1.82, 2.24) is 0 Å². The van der Waals surface area contributed by atoms with Crippen molar-refractivity contribution >= 4 is 29.0 Å². The third kappa shape index (κ3) is 4.93. The number of halogens is 1. The molecule has 0 saturated carbocycles. The van der Waals surface area contributed by atoms with Gasteiger partial charge in [0.05, 0.1) is 17.1 Å². The molecular weight excluding hydrogens is 255 g/mol. The molecule has 100 valence electrons. The number of hydrogen-bond acceptors (Lipinski definition) is 4. The molecular formula is C12H17FN2O2S. The Hall–Kier alpha value is -1.27. The molecule has 0 aliphatic rings. The van der Waals surface area contributed by atoms with Crippen LogP contribution in [-0.2, 0) is 4.79 Å². The number of nitrogens with two attached hydrogens (primary N) is 1. The molecule has 1 aromatic rings. The molecule has 1 unspecified atom stereocenters. The normalized spacial score (nSPS) is 12.2. The van der Waals surface area contributed by atoms with Gasteiger partial charge in [0.25, 0.3) is 0 Å². The Morgan fingerprint density at radius 3 is 3.00 bits per heavy atom. The molecule has 4 N–H and O–H groups in total. The molecule has 1 amide bonds. The largest absolute Gasteiger partial charge is 0.397 e. The van der Waals surface area contributed by atoms with Gasteiger partial charge in [0.2, 0.25) is 5.91 Å². The zero-order valence-electron chi connectivity index (χ0n) is 10.1. The number of nitrogen functional groups attached to an aromatic ring is 1. The van der Waals surface area contributed by atoms with E-state index in [9.17, 15) is 9.18 Å². The molecule has 1 aromatic carbocycles. The lowest BCUT2D eigenvalue weighted by molar-refractivity contribution is -0.113. The first-order valence-corrected chi connectivity index (χ1v) is 6.72. The lowest BCUT2D eigenvalue weighted by Crippen LogP contribution is -2.16. The molecule has 1 rings (SSSR count). The van der Waals surface area contributed by atoms with Gasteiger partial charge in [-0.15, -0.1) is 0 Å². The molecule has 6 heteroatoms. The highest BCUT2D eigenvalue weighted by molar-refractivity contribution is 7.99. The van der Waals surface area contributed by atoms with Gasteiger partial charge in [-0.25, -0.2) is 4.39 Å². The van der Waals surface area contributed by atoms with Crippen molar-refractivity contribution in [1.29, 1.82) is 0 Å². The highest BCUT2D eigenvalue weighted by Crippen LogP contribution is 2.19. The molecule has 0 aliphatic heterocycles. The molecule has 0 saturated heterocycles. The average Bonchev–Trinajstić information content (AvgIpc) is 2.33. The van der Waals surface area contributed by atoms with E-state index in [1.165, 1.54) is 30.0 Å². The van der Waals surface area contributed by atoms with Crippen molar-refractivity contribution in [2.45, 2.75) is 6.92 Å². The summed E-state index contributed by atoms with van der Waals surface area (Å²) < 4.78 is 13.0. The number of rotatable bonds is 6. The Bertz CT molecular complexity index is 415. The maximum Gasteiger partial charge on any atom is 0.234 e. The number of anilines is 2. The molecule has 0 aliphatic carbocycles. The van der Waals surface area contributed by atoms with E-state index in [-0.39, 0.29) is 29.9 Å². The zero-order valence-corrected chi connectivity index (χ0v) is 11.0. The highest BCUT2D eigenvalue weighted by atomic mass is 32.2. The molecule has 0 fully saturated rings. The number of benzene rings is 1. The van der Waals surface area contributed by atoms with E-state index in [0.29, 0.717) is 11.4 Å². The summed E-state index contributed by atoms with van der Waals surface area (Å²) in [6, 6.07) is 3.84. The number of nitrogens with one attached hydrogen (secondary N) is 1. The van der Waals surface area contributed by atoms with E-state index in [1.54, 1.807) is 0 Å². The minimum atomic E-state index is -0.443. The van der Waals surface area contributed by atoms with Crippen molar-refractivity contribution in [2.75, 3.05) is 29.2 Å². The van der Waals surface area contributed by atoms with Crippen molar-refractivity contribution < 1.29 is 14.3 Å². The van der Waals surface area contributed by atoms with Gasteiger partial charge in [0.15, 0.2) is 0 Å². The van der Waals surface area contributed by atoms with Gasteiger partial charge in [-0.3, -0.25) is 4.79 Å². The van der Waals surface area contributed by atoms with E-state index in [1.807, 2.05) is 6.92 Å². The van der Waals surface area contributed by atoms with Crippen molar-refractivity contribution in [3.8, 4) is 0 Å². The second-order valence-electron chi connectivity index (χ2n) is 4.08. The van der Waals surface area contributed by atoms with Crippen LogP contribution in [0.25, 0.3) is 0 Å². The van der Waals surface area contributed by atoms with Gasteiger partial charge in [0, 0.05) is 6.61 Å². The Kier molecular flexibility index (Phi) is 5.94. The van der Waals surface area contributed by atoms with Crippen molar-refractivity contribution in [3.05, 3.63) is 24.0 Å². The molecule has 1 atom stereocenters. The summed E-state index contributed by atoms with van der Waals surface area (Å²) in [5.41, 5.74) is 6.23. The summed E-state index contributed by atoms with van der Waals surface area (Å²) in [4.78, 5) is 11.6. The summed E-state index contributed by atoms with van der Waals surface area (Å²) >= 11 is 1.42. The summed E-state index contributed by atoms with van der Waals surface area (Å²) in [5.74, 6) is 0.425. The van der Waals surface area contributed by atoms with E-state index in [2.05, 4.69) is 5.32 Å². The second-order valence-corrected chi connectivity index (χ2v) is 5.11. The Balaban J connectivity index is 2.42. The first-order valence-electron chi connectivity index (χ1n) is 5.56. The number of thioether (sulfide) groups is 1. The van der Waals surface area contributed by atoms with Crippen LogP contribution < -0.4 is 11.1 Å². The molecule has 0 heterocycles. The van der Waals surface area contributed by atoms with Crippen LogP contribution in [0.2, 0.25) is 0 Å². The van der Waals surface area contributed by atoms with E-state index in [0.717, 1.165) is 0 Å². The van der Waals surface area contributed by atoms with Gasteiger partial charge in [-0.2, -0.15) is 11.8 Å². The maximum absolute atomic E-state index is 13.0. The van der Waals surface area contributed by atoms with Crippen LogP contribution >= 0.6 is 11.8 Å². The molecule has 0 spiro atoms. The van der Waals surface area contributed by atoms with Gasteiger partial charge in [-0.1, -0.05) is 6.92 Å². The fourth-order valence-electron chi connectivity index (χ4n) is 1.23. The first kappa shape index (κ1) is 14.8. The predicted octanol–water partition coefficient (Wildman–Crippen LogP) is 1.71.